The van der Waals surface area contributed by atoms with Crippen LogP contribution in [0.15, 0.2) is 41.8 Å². The molecule has 1 heterocycles. The minimum absolute atomic E-state index is 0.0886. The Bertz CT molecular complexity index is 603. The van der Waals surface area contributed by atoms with E-state index in [9.17, 15) is 4.79 Å². The van der Waals surface area contributed by atoms with Crippen LogP contribution in [0.5, 0.6) is 0 Å². The van der Waals surface area contributed by atoms with Gasteiger partial charge in [-0.3, -0.25) is 9.78 Å². The molecule has 2 aromatic rings. The van der Waals surface area contributed by atoms with Gasteiger partial charge in [0.2, 0.25) is 5.91 Å². The number of nitrogen functional groups attached to an aromatic ring is 1. The molecular weight excluding hydrogens is 272 g/mol. The number of amides is 1. The second-order valence-electron chi connectivity index (χ2n) is 4.37. The van der Waals surface area contributed by atoms with Crippen molar-refractivity contribution in [2.45, 2.75) is 24.1 Å². The predicted octanol–water partition coefficient (Wildman–Crippen LogP) is 2.49. The van der Waals surface area contributed by atoms with Gasteiger partial charge >= 0.3 is 0 Å². The average molecular weight is 288 g/mol. The molecule has 1 aromatic heterocycles. The van der Waals surface area contributed by atoms with Crippen LogP contribution in [-0.4, -0.2) is 21.1 Å². The van der Waals surface area contributed by atoms with Crippen molar-refractivity contribution in [3.63, 3.8) is 0 Å². The van der Waals surface area contributed by atoms with Crippen molar-refractivity contribution in [3.8, 4) is 0 Å². The Labute approximate surface area is 122 Å². The van der Waals surface area contributed by atoms with Gasteiger partial charge in [-0.1, -0.05) is 17.8 Å². The summed E-state index contributed by atoms with van der Waals surface area (Å²) in [7, 11) is 0. The molecule has 0 aliphatic carbocycles. The summed E-state index contributed by atoms with van der Waals surface area (Å²) in [6, 6.07) is 5.45. The Kier molecular flexibility index (Phi) is 4.57. The lowest BCUT2D eigenvalue weighted by Crippen LogP contribution is -2.23. The fourth-order valence-corrected chi connectivity index (χ4v) is 2.36. The second-order valence-corrected chi connectivity index (χ2v) is 5.73. The maximum atomic E-state index is 12.2. The largest absolute Gasteiger partial charge is 0.399 e. The number of anilines is 2. The molecule has 0 spiro atoms. The first-order valence-corrected chi connectivity index (χ1v) is 7.04. The molecule has 0 bridgehead atoms. The quantitative estimate of drug-likeness (QED) is 0.667. The zero-order chi connectivity index (χ0) is 14.5. The smallest absolute Gasteiger partial charge is 0.237 e. The van der Waals surface area contributed by atoms with Gasteiger partial charge in [0.15, 0.2) is 0 Å². The highest BCUT2D eigenvalue weighted by Gasteiger charge is 2.16. The van der Waals surface area contributed by atoms with E-state index < -0.39 is 0 Å². The number of hydrogen-bond acceptors (Lipinski definition) is 5. The number of nitrogens with two attached hydrogens (primary N) is 1. The van der Waals surface area contributed by atoms with Gasteiger partial charge in [-0.15, -0.1) is 0 Å². The summed E-state index contributed by atoms with van der Waals surface area (Å²) < 4.78 is 0. The highest BCUT2D eigenvalue weighted by molar-refractivity contribution is 8.00. The topological polar surface area (TPSA) is 80.9 Å². The van der Waals surface area contributed by atoms with Crippen LogP contribution in [0.25, 0.3) is 0 Å². The lowest BCUT2D eigenvalue weighted by molar-refractivity contribution is -0.115. The molecule has 0 aliphatic heterocycles. The number of hydrogen-bond donors (Lipinski definition) is 2. The molecule has 1 amide bonds. The Morgan fingerprint density at radius 3 is 2.90 bits per heavy atom. The van der Waals surface area contributed by atoms with Crippen LogP contribution >= 0.6 is 11.8 Å². The predicted molar refractivity (Wildman–Crippen MR) is 81.6 cm³/mol. The fraction of sp³-hybridized carbons (Fsp3) is 0.214. The first-order valence-electron chi connectivity index (χ1n) is 6.16. The number of benzene rings is 1. The van der Waals surface area contributed by atoms with Gasteiger partial charge in [0.1, 0.15) is 5.03 Å². The van der Waals surface area contributed by atoms with E-state index in [1.165, 1.54) is 11.8 Å². The monoisotopic (exact) mass is 288 g/mol. The maximum Gasteiger partial charge on any atom is 0.237 e. The Morgan fingerprint density at radius 2 is 2.20 bits per heavy atom. The third-order valence-electron chi connectivity index (χ3n) is 2.73. The Hall–Kier alpha value is -2.08. The van der Waals surface area contributed by atoms with E-state index in [1.807, 2.05) is 26.0 Å². The number of nitrogens with one attached hydrogen (secondary N) is 1. The van der Waals surface area contributed by atoms with Crippen LogP contribution in [0.2, 0.25) is 0 Å². The van der Waals surface area contributed by atoms with Crippen molar-refractivity contribution in [1.82, 2.24) is 9.97 Å². The number of aromatic nitrogens is 2. The van der Waals surface area contributed by atoms with Gasteiger partial charge in [0, 0.05) is 23.8 Å². The van der Waals surface area contributed by atoms with E-state index in [1.54, 1.807) is 24.7 Å². The molecule has 20 heavy (non-hydrogen) atoms. The molecular formula is C14H16N4OS. The number of thioether (sulfide) groups is 1. The Balaban J connectivity index is 2.02. The standard InChI is InChI=1S/C14H16N4OS/c1-9-3-4-11(15)7-12(9)18-14(19)10(2)20-13-8-16-5-6-17-13/h3-8,10H,15H2,1-2H3,(H,18,19). The molecule has 2 rings (SSSR count). The normalized spacial score (nSPS) is 11.9. The number of aryl methyl sites for hydroxylation is 1. The minimum atomic E-state index is -0.271. The lowest BCUT2D eigenvalue weighted by Gasteiger charge is -2.13. The fourth-order valence-electron chi connectivity index (χ4n) is 1.59. The zero-order valence-electron chi connectivity index (χ0n) is 11.3. The highest BCUT2D eigenvalue weighted by atomic mass is 32.2. The van der Waals surface area contributed by atoms with E-state index in [-0.39, 0.29) is 11.2 Å². The van der Waals surface area contributed by atoms with E-state index in [0.29, 0.717) is 5.69 Å². The van der Waals surface area contributed by atoms with Crippen LogP contribution in [0.4, 0.5) is 11.4 Å². The highest BCUT2D eigenvalue weighted by Crippen LogP contribution is 2.23. The molecule has 1 aromatic carbocycles. The molecule has 0 aliphatic rings. The first kappa shape index (κ1) is 14.3. The molecule has 1 unspecified atom stereocenters. The van der Waals surface area contributed by atoms with Gasteiger partial charge in [-0.25, -0.2) is 4.98 Å². The molecule has 6 heteroatoms. The molecule has 3 N–H and O–H groups in total. The summed E-state index contributed by atoms with van der Waals surface area (Å²) in [5, 5.41) is 3.33. The minimum Gasteiger partial charge on any atom is -0.399 e. The van der Waals surface area contributed by atoms with Crippen molar-refractivity contribution < 1.29 is 4.79 Å². The summed E-state index contributed by atoms with van der Waals surface area (Å²) in [6.07, 6.45) is 4.85. The van der Waals surface area contributed by atoms with Crippen molar-refractivity contribution in [2.75, 3.05) is 11.1 Å². The van der Waals surface area contributed by atoms with Crippen LogP contribution in [-0.2, 0) is 4.79 Å². The molecule has 0 saturated heterocycles. The summed E-state index contributed by atoms with van der Waals surface area (Å²) in [6.45, 7) is 3.76. The number of nitrogens with zero attached hydrogens (tertiary/aromatic N) is 2. The zero-order valence-corrected chi connectivity index (χ0v) is 12.1. The number of carbonyl (C=O) groups is 1. The molecule has 0 fully saturated rings. The molecule has 0 saturated carbocycles. The lowest BCUT2D eigenvalue weighted by atomic mass is 10.2. The third kappa shape index (κ3) is 3.71. The van der Waals surface area contributed by atoms with Gasteiger partial charge < -0.3 is 11.1 Å². The van der Waals surface area contributed by atoms with Crippen molar-refractivity contribution in [3.05, 3.63) is 42.4 Å². The number of rotatable bonds is 4. The average Bonchev–Trinajstić information content (AvgIpc) is 2.44. The van der Waals surface area contributed by atoms with Gasteiger partial charge in [-0.2, -0.15) is 0 Å². The second kappa shape index (κ2) is 6.38. The SMILES string of the molecule is Cc1ccc(N)cc1NC(=O)C(C)Sc1cnccn1. The summed E-state index contributed by atoms with van der Waals surface area (Å²) in [4.78, 5) is 20.3. The summed E-state index contributed by atoms with van der Waals surface area (Å²) >= 11 is 1.36. The van der Waals surface area contributed by atoms with Crippen molar-refractivity contribution in [1.29, 1.82) is 0 Å². The Morgan fingerprint density at radius 1 is 1.40 bits per heavy atom. The molecule has 5 nitrogen and oxygen atoms in total. The van der Waals surface area contributed by atoms with Crippen LogP contribution in [0.1, 0.15) is 12.5 Å². The van der Waals surface area contributed by atoms with Gasteiger partial charge in [0.25, 0.3) is 0 Å². The molecule has 1 atom stereocenters. The maximum absolute atomic E-state index is 12.2. The van der Waals surface area contributed by atoms with Crippen molar-refractivity contribution in [2.24, 2.45) is 0 Å². The van der Waals surface area contributed by atoms with Gasteiger partial charge in [0.05, 0.1) is 11.4 Å². The van der Waals surface area contributed by atoms with Crippen molar-refractivity contribution >= 4 is 29.0 Å². The van der Waals surface area contributed by atoms with E-state index >= 15 is 0 Å². The molecule has 104 valence electrons. The van der Waals surface area contributed by atoms with Crippen LogP contribution in [0.3, 0.4) is 0 Å². The van der Waals surface area contributed by atoms with Crippen LogP contribution in [0, 0.1) is 6.92 Å². The van der Waals surface area contributed by atoms with E-state index in [2.05, 4.69) is 15.3 Å². The first-order chi connectivity index (χ1) is 9.56. The van der Waals surface area contributed by atoms with Crippen LogP contribution < -0.4 is 11.1 Å². The van der Waals surface area contributed by atoms with E-state index in [0.717, 1.165) is 16.3 Å². The summed E-state index contributed by atoms with van der Waals surface area (Å²) in [5.74, 6) is -0.0886. The summed E-state index contributed by atoms with van der Waals surface area (Å²) in [5.41, 5.74) is 8.07. The van der Waals surface area contributed by atoms with E-state index in [4.69, 9.17) is 5.73 Å². The third-order valence-corrected chi connectivity index (χ3v) is 3.75. The van der Waals surface area contributed by atoms with Gasteiger partial charge in [-0.05, 0) is 31.5 Å². The number of carbonyl (C=O) groups excluding carboxylic acids is 1. The molecule has 0 radical (unpaired) electrons.